The maximum absolute atomic E-state index is 12.7. The van der Waals surface area contributed by atoms with Crippen LogP contribution in [0.15, 0.2) is 42.2 Å². The molecule has 13 heteroatoms. The first-order valence-electron chi connectivity index (χ1n) is 14.3. The Labute approximate surface area is 248 Å². The Morgan fingerprint density at radius 3 is 2.37 bits per heavy atom. The van der Waals surface area contributed by atoms with Gasteiger partial charge in [0.05, 0.1) is 19.5 Å². The van der Waals surface area contributed by atoms with Crippen molar-refractivity contribution in [1.82, 2.24) is 0 Å². The zero-order valence-corrected chi connectivity index (χ0v) is 24.0. The molecule has 13 nitrogen and oxygen atoms in total. The summed E-state index contributed by atoms with van der Waals surface area (Å²) in [6.45, 7) is 2.54. The van der Waals surface area contributed by atoms with Gasteiger partial charge in [0, 0.05) is 30.9 Å². The summed E-state index contributed by atoms with van der Waals surface area (Å²) < 4.78 is 28.3. The van der Waals surface area contributed by atoms with E-state index in [2.05, 4.69) is 0 Å². The lowest BCUT2D eigenvalue weighted by Gasteiger charge is -2.40. The lowest BCUT2D eigenvalue weighted by molar-refractivity contribution is -0.299. The minimum atomic E-state index is -1.62. The number of aromatic hydroxyl groups is 1. The SMILES string of the molecule is CC(C)CC(=O)O[C@@H]1OC=C(CO[C@@H]2O[C@H](CO)[C@@H](O)[C@H](O)[C@H]2O)C2C[C@H](OC(=O)/C=C/c3ccc(O)cc3)[C@H](CO)C21. The van der Waals surface area contributed by atoms with Crippen molar-refractivity contribution in [2.24, 2.45) is 23.7 Å². The number of fused-ring (bicyclic) bond motifs is 1. The lowest BCUT2D eigenvalue weighted by atomic mass is 9.83. The summed E-state index contributed by atoms with van der Waals surface area (Å²) in [6.07, 6.45) is -4.63. The largest absolute Gasteiger partial charge is 0.508 e. The van der Waals surface area contributed by atoms with Crippen LogP contribution in [-0.4, -0.2) is 105 Å². The van der Waals surface area contributed by atoms with E-state index in [9.17, 15) is 40.2 Å². The van der Waals surface area contributed by atoms with E-state index in [0.717, 1.165) is 0 Å². The van der Waals surface area contributed by atoms with Crippen molar-refractivity contribution in [3.8, 4) is 5.75 Å². The molecule has 2 unspecified atom stereocenters. The van der Waals surface area contributed by atoms with E-state index >= 15 is 0 Å². The molecule has 0 aromatic heterocycles. The Hall–Kier alpha value is -3.04. The van der Waals surface area contributed by atoms with Crippen molar-refractivity contribution in [3.05, 3.63) is 47.7 Å². The Bertz CT molecular complexity index is 1150. The van der Waals surface area contributed by atoms with Crippen LogP contribution in [0.3, 0.4) is 0 Å². The Morgan fingerprint density at radius 1 is 1.00 bits per heavy atom. The van der Waals surface area contributed by atoms with Crippen LogP contribution < -0.4 is 0 Å². The van der Waals surface area contributed by atoms with Gasteiger partial charge in [-0.1, -0.05) is 26.0 Å². The fourth-order valence-electron chi connectivity index (χ4n) is 5.71. The molecule has 1 aromatic rings. The van der Waals surface area contributed by atoms with E-state index in [1.807, 2.05) is 13.8 Å². The minimum absolute atomic E-state index is 0.0382. The molecule has 2 heterocycles. The van der Waals surface area contributed by atoms with Gasteiger partial charge in [0.1, 0.15) is 36.3 Å². The van der Waals surface area contributed by atoms with Gasteiger partial charge in [0.15, 0.2) is 6.29 Å². The van der Waals surface area contributed by atoms with Gasteiger partial charge in [-0.05, 0) is 47.6 Å². The first kappa shape index (κ1) is 32.9. The number of phenols is 1. The van der Waals surface area contributed by atoms with E-state index in [1.165, 1.54) is 30.5 Å². The lowest BCUT2D eigenvalue weighted by Crippen LogP contribution is -2.59. The highest BCUT2D eigenvalue weighted by atomic mass is 16.7. The summed E-state index contributed by atoms with van der Waals surface area (Å²) in [5, 5.41) is 59.8. The van der Waals surface area contributed by atoms with Crippen LogP contribution in [0.5, 0.6) is 5.75 Å². The molecule has 0 radical (unpaired) electrons. The highest BCUT2D eigenvalue weighted by Gasteiger charge is 2.54. The van der Waals surface area contributed by atoms with Crippen LogP contribution in [0.1, 0.15) is 32.3 Å². The van der Waals surface area contributed by atoms with Gasteiger partial charge < -0.3 is 54.3 Å². The highest BCUT2D eigenvalue weighted by Crippen LogP contribution is 2.48. The van der Waals surface area contributed by atoms with Crippen molar-refractivity contribution in [2.45, 2.75) is 69.8 Å². The number of rotatable bonds is 11. The normalized spacial score (nSPS) is 34.0. The average Bonchev–Trinajstić information content (AvgIpc) is 3.34. The van der Waals surface area contributed by atoms with Gasteiger partial charge in [-0.25, -0.2) is 4.79 Å². The smallest absolute Gasteiger partial charge is 0.331 e. The van der Waals surface area contributed by atoms with Crippen molar-refractivity contribution < 1.29 is 63.9 Å². The molecule has 43 heavy (non-hydrogen) atoms. The third-order valence-electron chi connectivity index (χ3n) is 7.94. The summed E-state index contributed by atoms with van der Waals surface area (Å²) in [4.78, 5) is 25.3. The zero-order valence-electron chi connectivity index (χ0n) is 24.0. The minimum Gasteiger partial charge on any atom is -0.508 e. The summed E-state index contributed by atoms with van der Waals surface area (Å²) in [5.41, 5.74) is 1.20. The molecule has 4 rings (SSSR count). The molecule has 1 aliphatic carbocycles. The number of aliphatic hydroxyl groups is 5. The van der Waals surface area contributed by atoms with Gasteiger partial charge in [-0.15, -0.1) is 0 Å². The quantitative estimate of drug-likeness (QED) is 0.147. The second-order valence-corrected chi connectivity index (χ2v) is 11.5. The van der Waals surface area contributed by atoms with Crippen LogP contribution in [0.4, 0.5) is 0 Å². The monoisotopic (exact) mass is 608 g/mol. The molecule has 0 spiro atoms. The van der Waals surface area contributed by atoms with E-state index < -0.39 is 86.0 Å². The standard InChI is InChI=1S/C30H40O13/c1-15(2)9-24(35)43-29-25-19(17(13-39-29)14-40-30-28(38)27(37)26(36)22(12-32)42-30)10-21(20(25)11-31)41-23(34)8-5-16-3-6-18(33)7-4-16/h3-8,13,15,19-22,25-33,36-38H,9-12,14H2,1-2H3/b8-5+/t19?,20-,21-,22+,25?,26+,27-,28+,29-,30+/m0/s1. The molecular weight excluding hydrogens is 568 g/mol. The molecule has 10 atom stereocenters. The first-order valence-corrected chi connectivity index (χ1v) is 14.3. The Balaban J connectivity index is 1.50. The second-order valence-electron chi connectivity index (χ2n) is 11.5. The summed E-state index contributed by atoms with van der Waals surface area (Å²) in [5.74, 6) is -2.73. The topological polar surface area (TPSA) is 202 Å². The highest BCUT2D eigenvalue weighted by molar-refractivity contribution is 5.87. The van der Waals surface area contributed by atoms with E-state index in [0.29, 0.717) is 11.1 Å². The van der Waals surface area contributed by atoms with Gasteiger partial charge >= 0.3 is 11.9 Å². The Morgan fingerprint density at radius 2 is 1.72 bits per heavy atom. The number of aliphatic hydroxyl groups excluding tert-OH is 5. The average molecular weight is 609 g/mol. The fourth-order valence-corrected chi connectivity index (χ4v) is 5.71. The van der Waals surface area contributed by atoms with E-state index in [4.69, 9.17) is 23.7 Å². The molecule has 6 N–H and O–H groups in total. The van der Waals surface area contributed by atoms with Gasteiger partial charge in [-0.3, -0.25) is 4.79 Å². The molecule has 1 saturated heterocycles. The third kappa shape index (κ3) is 7.92. The van der Waals surface area contributed by atoms with Crippen molar-refractivity contribution in [2.75, 3.05) is 19.8 Å². The van der Waals surface area contributed by atoms with Crippen LogP contribution in [0.2, 0.25) is 0 Å². The van der Waals surface area contributed by atoms with Crippen LogP contribution in [0, 0.1) is 23.7 Å². The number of carbonyl (C=O) groups excluding carboxylic acids is 2. The van der Waals surface area contributed by atoms with Crippen molar-refractivity contribution in [3.63, 3.8) is 0 Å². The predicted molar refractivity (Wildman–Crippen MR) is 147 cm³/mol. The van der Waals surface area contributed by atoms with Gasteiger partial charge in [-0.2, -0.15) is 0 Å². The molecule has 0 bridgehead atoms. The Kier molecular flexibility index (Phi) is 11.2. The molecule has 1 saturated carbocycles. The number of carbonyl (C=O) groups is 2. The molecule has 0 amide bonds. The fraction of sp³-hybridized carbons (Fsp3) is 0.600. The molecular formula is C30H40O13. The molecule has 3 aliphatic rings. The number of benzene rings is 1. The molecule has 1 aromatic carbocycles. The summed E-state index contributed by atoms with van der Waals surface area (Å²) in [7, 11) is 0. The van der Waals surface area contributed by atoms with Crippen LogP contribution >= 0.6 is 0 Å². The van der Waals surface area contributed by atoms with Crippen LogP contribution in [-0.2, 0) is 33.3 Å². The van der Waals surface area contributed by atoms with Crippen LogP contribution in [0.25, 0.3) is 6.08 Å². The molecule has 238 valence electrons. The van der Waals surface area contributed by atoms with Crippen molar-refractivity contribution >= 4 is 18.0 Å². The number of hydrogen-bond donors (Lipinski definition) is 6. The van der Waals surface area contributed by atoms with E-state index in [1.54, 1.807) is 12.1 Å². The number of ether oxygens (including phenoxy) is 5. The van der Waals surface area contributed by atoms with Crippen molar-refractivity contribution in [1.29, 1.82) is 0 Å². The number of hydrogen-bond acceptors (Lipinski definition) is 13. The second kappa shape index (κ2) is 14.6. The van der Waals surface area contributed by atoms with Gasteiger partial charge in [0.25, 0.3) is 0 Å². The molecule has 2 aliphatic heterocycles. The zero-order chi connectivity index (χ0) is 31.3. The van der Waals surface area contributed by atoms with E-state index in [-0.39, 0.29) is 31.1 Å². The number of phenolic OH excluding ortho intramolecular Hbond substituents is 1. The number of esters is 2. The summed E-state index contributed by atoms with van der Waals surface area (Å²) in [6, 6.07) is 6.21. The predicted octanol–water partition coefficient (Wildman–Crippen LogP) is 0.208. The molecule has 2 fully saturated rings. The summed E-state index contributed by atoms with van der Waals surface area (Å²) >= 11 is 0. The first-order chi connectivity index (χ1) is 20.5. The maximum atomic E-state index is 12.7. The van der Waals surface area contributed by atoms with Gasteiger partial charge in [0.2, 0.25) is 6.29 Å². The maximum Gasteiger partial charge on any atom is 0.331 e. The third-order valence-corrected chi connectivity index (χ3v) is 7.94.